The minimum Gasteiger partial charge on any atom is -0.508 e. The van der Waals surface area contributed by atoms with Gasteiger partial charge in [-0.3, -0.25) is 0 Å². The summed E-state index contributed by atoms with van der Waals surface area (Å²) in [4.78, 5) is 0. The number of hydroxylamine groups is 2. The Hall–Kier alpha value is -1.06. The van der Waals surface area contributed by atoms with Gasteiger partial charge < -0.3 is 10.3 Å². The topological polar surface area (TPSA) is 43.7 Å². The van der Waals surface area contributed by atoms with Gasteiger partial charge in [-0.25, -0.2) is 0 Å². The molecule has 0 saturated heterocycles. The summed E-state index contributed by atoms with van der Waals surface area (Å²) < 4.78 is 0. The predicted octanol–water partition coefficient (Wildman–Crippen LogP) is 1.99. The highest BCUT2D eigenvalue weighted by Crippen LogP contribution is 2.17. The summed E-state index contributed by atoms with van der Waals surface area (Å²) in [6.45, 7) is 4.13. The van der Waals surface area contributed by atoms with E-state index >= 15 is 0 Å². The van der Waals surface area contributed by atoms with Crippen LogP contribution in [0.2, 0.25) is 0 Å². The summed E-state index contributed by atoms with van der Waals surface area (Å²) in [6, 6.07) is 7.06. The Morgan fingerprint density at radius 1 is 1.31 bits per heavy atom. The third-order valence-electron chi connectivity index (χ3n) is 1.92. The molecule has 3 nitrogen and oxygen atoms in total. The zero-order valence-electron chi connectivity index (χ0n) is 7.94. The van der Waals surface area contributed by atoms with Crippen LogP contribution in [-0.2, 0) is 6.54 Å². The molecule has 0 heterocycles. The van der Waals surface area contributed by atoms with Crippen molar-refractivity contribution in [2.24, 2.45) is 0 Å². The predicted molar refractivity (Wildman–Crippen MR) is 50.6 cm³/mol. The molecule has 0 bridgehead atoms. The van der Waals surface area contributed by atoms with Gasteiger partial charge in [0.1, 0.15) is 5.75 Å². The second-order valence-electron chi connectivity index (χ2n) is 3.32. The van der Waals surface area contributed by atoms with Gasteiger partial charge in [-0.2, -0.15) is 5.06 Å². The highest BCUT2D eigenvalue weighted by atomic mass is 16.5. The maximum Gasteiger partial charge on any atom is 0.120 e. The summed E-state index contributed by atoms with van der Waals surface area (Å²) in [5.41, 5.74) is 0.735. The molecule has 0 saturated carbocycles. The van der Waals surface area contributed by atoms with E-state index in [9.17, 15) is 10.3 Å². The summed E-state index contributed by atoms with van der Waals surface area (Å²) in [5, 5.41) is 20.0. The minimum atomic E-state index is 0.0552. The van der Waals surface area contributed by atoms with Gasteiger partial charge in [-0.05, 0) is 19.9 Å². The molecule has 3 heteroatoms. The van der Waals surface area contributed by atoms with Gasteiger partial charge in [0.15, 0.2) is 0 Å². The second kappa shape index (κ2) is 4.25. The van der Waals surface area contributed by atoms with Crippen LogP contribution in [0.5, 0.6) is 5.75 Å². The molecule has 0 spiro atoms. The van der Waals surface area contributed by atoms with Crippen molar-refractivity contribution in [1.82, 2.24) is 5.06 Å². The van der Waals surface area contributed by atoms with Crippen molar-refractivity contribution < 1.29 is 10.3 Å². The van der Waals surface area contributed by atoms with Gasteiger partial charge in [0.25, 0.3) is 0 Å². The van der Waals surface area contributed by atoms with Crippen LogP contribution in [-0.4, -0.2) is 21.4 Å². The highest BCUT2D eigenvalue weighted by Gasteiger charge is 2.08. The van der Waals surface area contributed by atoms with E-state index < -0.39 is 0 Å². The third kappa shape index (κ3) is 2.72. The van der Waals surface area contributed by atoms with Crippen LogP contribution in [0.15, 0.2) is 24.3 Å². The Balaban J connectivity index is 2.69. The summed E-state index contributed by atoms with van der Waals surface area (Å²) in [5.74, 6) is 0.224. The van der Waals surface area contributed by atoms with Crippen LogP contribution >= 0.6 is 0 Å². The Morgan fingerprint density at radius 3 is 2.46 bits per heavy atom. The molecule has 1 aromatic rings. The van der Waals surface area contributed by atoms with Gasteiger partial charge in [-0.1, -0.05) is 18.2 Å². The van der Waals surface area contributed by atoms with Crippen LogP contribution in [0.4, 0.5) is 0 Å². The molecule has 0 fully saturated rings. The molecular weight excluding hydrogens is 166 g/mol. The van der Waals surface area contributed by atoms with Gasteiger partial charge >= 0.3 is 0 Å². The molecule has 0 radical (unpaired) electrons. The van der Waals surface area contributed by atoms with Gasteiger partial charge in [0.05, 0.1) is 6.54 Å². The van der Waals surface area contributed by atoms with Crippen molar-refractivity contribution in [2.75, 3.05) is 0 Å². The number of hydrogen-bond donors (Lipinski definition) is 2. The molecule has 0 aliphatic rings. The first-order valence-electron chi connectivity index (χ1n) is 4.33. The zero-order chi connectivity index (χ0) is 9.84. The molecular formula is C10H15NO2. The Bertz CT molecular complexity index is 273. The standard InChI is InChI=1S/C10H15NO2/c1-8(2)11(13)7-9-5-3-4-6-10(9)12/h3-6,8,12-13H,7H2,1-2H3. The van der Waals surface area contributed by atoms with E-state index in [2.05, 4.69) is 0 Å². The Labute approximate surface area is 78.2 Å². The largest absolute Gasteiger partial charge is 0.508 e. The lowest BCUT2D eigenvalue weighted by molar-refractivity contribution is -0.125. The molecule has 1 rings (SSSR count). The van der Waals surface area contributed by atoms with E-state index in [1.807, 2.05) is 19.9 Å². The number of benzene rings is 1. The van der Waals surface area contributed by atoms with E-state index in [1.54, 1.807) is 18.2 Å². The van der Waals surface area contributed by atoms with E-state index in [4.69, 9.17) is 0 Å². The van der Waals surface area contributed by atoms with Crippen molar-refractivity contribution in [1.29, 1.82) is 0 Å². The maximum absolute atomic E-state index is 9.43. The minimum absolute atomic E-state index is 0.0552. The second-order valence-corrected chi connectivity index (χ2v) is 3.32. The van der Waals surface area contributed by atoms with E-state index in [1.165, 1.54) is 5.06 Å². The molecule has 0 aromatic heterocycles. The first-order chi connectivity index (χ1) is 6.11. The van der Waals surface area contributed by atoms with Crippen LogP contribution in [0.1, 0.15) is 19.4 Å². The Morgan fingerprint density at radius 2 is 1.92 bits per heavy atom. The lowest BCUT2D eigenvalue weighted by atomic mass is 10.2. The molecule has 0 amide bonds. The lowest BCUT2D eigenvalue weighted by Crippen LogP contribution is -2.26. The summed E-state index contributed by atoms with van der Waals surface area (Å²) in [6.07, 6.45) is 0. The van der Waals surface area contributed by atoms with Crippen molar-refractivity contribution in [2.45, 2.75) is 26.4 Å². The van der Waals surface area contributed by atoms with Gasteiger partial charge in [0, 0.05) is 11.6 Å². The van der Waals surface area contributed by atoms with E-state index in [0.717, 1.165) is 5.56 Å². The maximum atomic E-state index is 9.43. The summed E-state index contributed by atoms with van der Waals surface area (Å²) >= 11 is 0. The van der Waals surface area contributed by atoms with Crippen LogP contribution in [0, 0.1) is 0 Å². The first kappa shape index (κ1) is 10.0. The van der Waals surface area contributed by atoms with Gasteiger partial charge in [0.2, 0.25) is 0 Å². The molecule has 0 aliphatic carbocycles. The number of rotatable bonds is 3. The van der Waals surface area contributed by atoms with Crippen LogP contribution < -0.4 is 0 Å². The molecule has 13 heavy (non-hydrogen) atoms. The SMILES string of the molecule is CC(C)N(O)Cc1ccccc1O. The van der Waals surface area contributed by atoms with Crippen molar-refractivity contribution in [3.8, 4) is 5.75 Å². The fraction of sp³-hybridized carbons (Fsp3) is 0.400. The number of hydrogen-bond acceptors (Lipinski definition) is 3. The third-order valence-corrected chi connectivity index (χ3v) is 1.92. The smallest absolute Gasteiger partial charge is 0.120 e. The highest BCUT2D eigenvalue weighted by molar-refractivity contribution is 5.31. The monoisotopic (exact) mass is 181 g/mol. The number of phenolic OH excluding ortho intramolecular Hbond substituents is 1. The normalized spacial score (nSPS) is 11.2. The molecule has 0 atom stereocenters. The molecule has 0 aliphatic heterocycles. The quantitative estimate of drug-likeness (QED) is 0.701. The average Bonchev–Trinajstić information content (AvgIpc) is 2.08. The van der Waals surface area contributed by atoms with Crippen LogP contribution in [0.3, 0.4) is 0 Å². The molecule has 72 valence electrons. The van der Waals surface area contributed by atoms with E-state index in [-0.39, 0.29) is 11.8 Å². The first-order valence-corrected chi connectivity index (χ1v) is 4.33. The number of nitrogens with zero attached hydrogens (tertiary/aromatic N) is 1. The molecule has 1 aromatic carbocycles. The van der Waals surface area contributed by atoms with Crippen molar-refractivity contribution in [3.05, 3.63) is 29.8 Å². The molecule has 2 N–H and O–H groups in total. The fourth-order valence-electron chi connectivity index (χ4n) is 1.00. The van der Waals surface area contributed by atoms with Crippen molar-refractivity contribution >= 4 is 0 Å². The lowest BCUT2D eigenvalue weighted by Gasteiger charge is -2.18. The Kier molecular flexibility index (Phi) is 3.28. The zero-order valence-corrected chi connectivity index (χ0v) is 7.94. The number of phenols is 1. The molecule has 0 unspecified atom stereocenters. The number of aromatic hydroxyl groups is 1. The van der Waals surface area contributed by atoms with E-state index in [0.29, 0.717) is 6.54 Å². The van der Waals surface area contributed by atoms with Crippen LogP contribution in [0.25, 0.3) is 0 Å². The van der Waals surface area contributed by atoms with Gasteiger partial charge in [-0.15, -0.1) is 0 Å². The summed E-state index contributed by atoms with van der Waals surface area (Å²) in [7, 11) is 0. The van der Waals surface area contributed by atoms with Crippen molar-refractivity contribution in [3.63, 3.8) is 0 Å². The number of para-hydroxylation sites is 1. The fourth-order valence-corrected chi connectivity index (χ4v) is 1.00. The average molecular weight is 181 g/mol.